The van der Waals surface area contributed by atoms with E-state index in [4.69, 9.17) is 0 Å². The highest BCUT2D eigenvalue weighted by Crippen LogP contribution is 2.15. The van der Waals surface area contributed by atoms with Gasteiger partial charge in [-0.3, -0.25) is 0 Å². The minimum absolute atomic E-state index is 0.648. The van der Waals surface area contributed by atoms with E-state index in [2.05, 4.69) is 43.0 Å². The second kappa shape index (κ2) is 4.80. The fourth-order valence-corrected chi connectivity index (χ4v) is 1.96. The first-order chi connectivity index (χ1) is 7.25. The van der Waals surface area contributed by atoms with E-state index in [1.807, 2.05) is 0 Å². The smallest absolute Gasteiger partial charge is 0.00218 e. The lowest BCUT2D eigenvalue weighted by molar-refractivity contribution is 0.184. The van der Waals surface area contributed by atoms with Crippen molar-refractivity contribution in [3.63, 3.8) is 0 Å². The summed E-state index contributed by atoms with van der Waals surface area (Å²) in [4.78, 5) is 2.52. The molecule has 0 N–H and O–H groups in total. The number of nitrogens with zero attached hydrogens (tertiary/aromatic N) is 1. The zero-order chi connectivity index (χ0) is 10.7. The van der Waals surface area contributed by atoms with Gasteiger partial charge in [-0.05, 0) is 43.0 Å². The van der Waals surface area contributed by atoms with Crippen LogP contribution in [0.25, 0.3) is 0 Å². The summed E-state index contributed by atoms with van der Waals surface area (Å²) in [6.45, 7) is 8.35. The molecule has 0 bridgehead atoms. The van der Waals surface area contributed by atoms with Gasteiger partial charge in [0, 0.05) is 6.54 Å². The Morgan fingerprint density at radius 3 is 2.27 bits per heavy atom. The van der Waals surface area contributed by atoms with Crippen LogP contribution >= 0.6 is 0 Å². The van der Waals surface area contributed by atoms with Gasteiger partial charge in [-0.25, -0.2) is 0 Å². The Bertz CT molecular complexity index is 296. The maximum absolute atomic E-state index is 2.52. The second-order valence-corrected chi connectivity index (χ2v) is 4.84. The van der Waals surface area contributed by atoms with Crippen molar-refractivity contribution in [1.82, 2.24) is 4.90 Å². The van der Waals surface area contributed by atoms with Crippen molar-refractivity contribution in [1.29, 1.82) is 0 Å². The molecule has 1 heterocycles. The molecular weight excluding hydrogens is 182 g/mol. The molecule has 1 aliphatic rings. The highest BCUT2D eigenvalue weighted by molar-refractivity contribution is 5.24. The van der Waals surface area contributed by atoms with Crippen molar-refractivity contribution in [2.45, 2.75) is 32.6 Å². The van der Waals surface area contributed by atoms with Crippen molar-refractivity contribution in [2.75, 3.05) is 19.6 Å². The molecule has 15 heavy (non-hydrogen) atoms. The second-order valence-electron chi connectivity index (χ2n) is 4.84. The quantitative estimate of drug-likeness (QED) is 0.727. The highest BCUT2D eigenvalue weighted by atomic mass is 15.2. The average Bonchev–Trinajstić information content (AvgIpc) is 2.16. The lowest BCUT2D eigenvalue weighted by Crippen LogP contribution is -2.38. The summed E-state index contributed by atoms with van der Waals surface area (Å²) in [5.41, 5.74) is 2.93. The summed E-state index contributed by atoms with van der Waals surface area (Å²) >= 11 is 0. The number of hydrogen-bond donors (Lipinski definition) is 0. The Hall–Kier alpha value is -0.820. The van der Waals surface area contributed by atoms with E-state index < -0.39 is 0 Å². The minimum Gasteiger partial charge on any atom is -0.303 e. The van der Waals surface area contributed by atoms with Crippen LogP contribution in [0.5, 0.6) is 0 Å². The van der Waals surface area contributed by atoms with Crippen LogP contribution in [0.3, 0.4) is 0 Å². The van der Waals surface area contributed by atoms with Gasteiger partial charge in [0.2, 0.25) is 0 Å². The fourth-order valence-electron chi connectivity index (χ4n) is 1.96. The summed E-state index contributed by atoms with van der Waals surface area (Å²) < 4.78 is 0. The molecule has 1 fully saturated rings. The predicted octanol–water partition coefficient (Wildman–Crippen LogP) is 3.06. The largest absolute Gasteiger partial charge is 0.303 e. The van der Waals surface area contributed by atoms with E-state index in [-0.39, 0.29) is 0 Å². The molecule has 2 rings (SSSR count). The van der Waals surface area contributed by atoms with Crippen LogP contribution in [0.4, 0.5) is 0 Å². The average molecular weight is 203 g/mol. The molecular formula is C14H21N. The molecule has 1 nitrogen and oxygen atoms in total. The Balaban J connectivity index is 1.86. The fraction of sp³-hybridized carbons (Fsp3) is 0.571. The van der Waals surface area contributed by atoms with Crippen LogP contribution in [0, 0.1) is 0 Å². The molecule has 0 saturated carbocycles. The highest BCUT2D eigenvalue weighted by Gasteiger charge is 2.12. The molecule has 0 aliphatic carbocycles. The summed E-state index contributed by atoms with van der Waals surface area (Å²) in [6, 6.07) is 9.12. The van der Waals surface area contributed by atoms with Gasteiger partial charge in [0.05, 0.1) is 0 Å². The molecule has 1 aromatic rings. The van der Waals surface area contributed by atoms with Gasteiger partial charge in [0.1, 0.15) is 0 Å². The summed E-state index contributed by atoms with van der Waals surface area (Å²) in [6.07, 6.45) is 2.60. The number of benzene rings is 1. The molecule has 1 aromatic carbocycles. The molecule has 0 amide bonds. The van der Waals surface area contributed by atoms with Crippen molar-refractivity contribution >= 4 is 0 Å². The minimum atomic E-state index is 0.648. The lowest BCUT2D eigenvalue weighted by Gasteiger charge is -2.30. The lowest BCUT2D eigenvalue weighted by atomic mass is 10.0. The Labute approximate surface area is 93.1 Å². The van der Waals surface area contributed by atoms with Gasteiger partial charge in [-0.2, -0.15) is 0 Å². The van der Waals surface area contributed by atoms with Gasteiger partial charge in [-0.1, -0.05) is 38.1 Å². The van der Waals surface area contributed by atoms with Crippen LogP contribution in [0.2, 0.25) is 0 Å². The van der Waals surface area contributed by atoms with E-state index in [1.165, 1.54) is 43.6 Å². The van der Waals surface area contributed by atoms with Crippen LogP contribution in [0.15, 0.2) is 24.3 Å². The Morgan fingerprint density at radius 1 is 1.13 bits per heavy atom. The van der Waals surface area contributed by atoms with Crippen LogP contribution in [-0.4, -0.2) is 24.5 Å². The maximum atomic E-state index is 2.52. The number of rotatable bonds is 4. The van der Waals surface area contributed by atoms with Gasteiger partial charge in [0.25, 0.3) is 0 Å². The summed E-state index contributed by atoms with van der Waals surface area (Å²) in [5, 5.41) is 0. The molecule has 0 aromatic heterocycles. The first-order valence-corrected chi connectivity index (χ1v) is 6.07. The zero-order valence-electron chi connectivity index (χ0n) is 9.87. The van der Waals surface area contributed by atoms with Crippen LogP contribution in [0.1, 0.15) is 37.3 Å². The molecule has 0 spiro atoms. The molecule has 0 unspecified atom stereocenters. The number of hydrogen-bond acceptors (Lipinski definition) is 1. The van der Waals surface area contributed by atoms with Gasteiger partial charge >= 0.3 is 0 Å². The normalized spacial score (nSPS) is 16.7. The van der Waals surface area contributed by atoms with Gasteiger partial charge in [-0.15, -0.1) is 0 Å². The standard InChI is InChI=1S/C14H21N/c1-12(2)14-6-4-13(5-7-14)8-11-15-9-3-10-15/h4-7,12H,3,8-11H2,1-2H3. The third kappa shape index (κ3) is 2.82. The maximum Gasteiger partial charge on any atom is 0.00218 e. The molecule has 1 aliphatic heterocycles. The summed E-state index contributed by atoms with van der Waals surface area (Å²) in [7, 11) is 0. The van der Waals surface area contributed by atoms with E-state index in [9.17, 15) is 0 Å². The predicted molar refractivity (Wildman–Crippen MR) is 65.3 cm³/mol. The van der Waals surface area contributed by atoms with Crippen LogP contribution in [-0.2, 0) is 6.42 Å². The van der Waals surface area contributed by atoms with E-state index in [0.29, 0.717) is 5.92 Å². The van der Waals surface area contributed by atoms with Crippen molar-refractivity contribution in [2.24, 2.45) is 0 Å². The Kier molecular flexibility index (Phi) is 3.42. The molecule has 1 heteroatoms. The Morgan fingerprint density at radius 2 is 1.80 bits per heavy atom. The third-order valence-corrected chi connectivity index (χ3v) is 3.31. The SMILES string of the molecule is CC(C)c1ccc(CCN2CCC2)cc1. The first-order valence-electron chi connectivity index (χ1n) is 6.07. The first kappa shape index (κ1) is 10.7. The van der Waals surface area contributed by atoms with E-state index in [0.717, 1.165) is 0 Å². The van der Waals surface area contributed by atoms with Crippen molar-refractivity contribution in [3.05, 3.63) is 35.4 Å². The third-order valence-electron chi connectivity index (χ3n) is 3.31. The molecule has 82 valence electrons. The monoisotopic (exact) mass is 203 g/mol. The van der Waals surface area contributed by atoms with Crippen LogP contribution < -0.4 is 0 Å². The van der Waals surface area contributed by atoms with Gasteiger partial charge in [0.15, 0.2) is 0 Å². The topological polar surface area (TPSA) is 3.24 Å². The molecule has 0 atom stereocenters. The molecule has 0 radical (unpaired) electrons. The van der Waals surface area contributed by atoms with E-state index >= 15 is 0 Å². The number of likely N-dealkylation sites (tertiary alicyclic amines) is 1. The van der Waals surface area contributed by atoms with Crippen molar-refractivity contribution in [3.8, 4) is 0 Å². The van der Waals surface area contributed by atoms with E-state index in [1.54, 1.807) is 0 Å². The molecule has 1 saturated heterocycles. The van der Waals surface area contributed by atoms with Gasteiger partial charge < -0.3 is 4.90 Å². The summed E-state index contributed by atoms with van der Waals surface area (Å²) in [5.74, 6) is 0.648. The van der Waals surface area contributed by atoms with Crippen molar-refractivity contribution < 1.29 is 0 Å². The zero-order valence-corrected chi connectivity index (χ0v) is 9.87.